The molecule has 4 nitrogen and oxygen atoms in total. The van der Waals surface area contributed by atoms with Gasteiger partial charge in [0.25, 0.3) is 5.19 Å². The van der Waals surface area contributed by atoms with E-state index in [0.29, 0.717) is 9.80 Å². The molecule has 0 spiro atoms. The van der Waals surface area contributed by atoms with E-state index in [2.05, 4.69) is 26.2 Å². The van der Waals surface area contributed by atoms with Crippen molar-refractivity contribution in [2.45, 2.75) is 0 Å². The van der Waals surface area contributed by atoms with Gasteiger partial charge in [-0.15, -0.1) is 0 Å². The average Bonchev–Trinajstić information content (AvgIpc) is 2.35. The van der Waals surface area contributed by atoms with Crippen molar-refractivity contribution >= 4 is 33.4 Å². The van der Waals surface area contributed by atoms with Crippen molar-refractivity contribution in [1.29, 1.82) is 0 Å². The Balaban J connectivity index is 2.57. The fourth-order valence-corrected chi connectivity index (χ4v) is 1.50. The Morgan fingerprint density at radius 2 is 2.64 bits per heavy atom. The molecule has 1 aromatic heterocycles. The van der Waals surface area contributed by atoms with Crippen molar-refractivity contribution in [3.63, 3.8) is 0 Å². The first-order valence-corrected chi connectivity index (χ1v) is 4.40. The number of aromatic nitrogens is 1. The van der Waals surface area contributed by atoms with Crippen LogP contribution in [0.5, 0.6) is 5.19 Å². The molecule has 1 heterocycles. The van der Waals surface area contributed by atoms with Gasteiger partial charge in [0.15, 0.2) is 0 Å². The smallest absolute Gasteiger partial charge is 0.381 e. The van der Waals surface area contributed by atoms with Gasteiger partial charge in [-0.25, -0.2) is 4.79 Å². The Kier molecular flexibility index (Phi) is 2.84. The zero-order chi connectivity index (χ0) is 8.27. The second kappa shape index (κ2) is 3.68. The van der Waals surface area contributed by atoms with Gasteiger partial charge in [-0.3, -0.25) is 0 Å². The van der Waals surface area contributed by atoms with Gasteiger partial charge < -0.3 is 10.1 Å². The highest BCUT2D eigenvalue weighted by atomic mass is 79.9. The first kappa shape index (κ1) is 8.48. The summed E-state index contributed by atoms with van der Waals surface area (Å²) in [5.74, 6) is 0. The van der Waals surface area contributed by atoms with E-state index in [9.17, 15) is 4.79 Å². The maximum absolute atomic E-state index is 10.6. The van der Waals surface area contributed by atoms with E-state index in [1.807, 2.05) is 0 Å². The summed E-state index contributed by atoms with van der Waals surface area (Å²) in [6.45, 7) is 0. The molecule has 0 radical (unpaired) electrons. The number of carbonyl (C=O) groups is 1. The molecule has 0 aliphatic heterocycles. The molecule has 1 rings (SSSR count). The molecule has 0 unspecified atom stereocenters. The van der Waals surface area contributed by atoms with Gasteiger partial charge >= 0.3 is 6.09 Å². The lowest BCUT2D eigenvalue weighted by Gasteiger charge is -1.95. The first-order chi connectivity index (χ1) is 5.22. The molecule has 0 aliphatic carbocycles. The Hall–Kier alpha value is -0.620. The molecule has 0 aliphatic rings. The van der Waals surface area contributed by atoms with Crippen molar-refractivity contribution < 1.29 is 9.53 Å². The highest BCUT2D eigenvalue weighted by Gasteiger charge is 2.04. The molecule has 0 fully saturated rings. The van der Waals surface area contributed by atoms with E-state index in [1.165, 1.54) is 18.4 Å². The largest absolute Gasteiger partial charge is 0.414 e. The molecule has 6 heteroatoms. The topological polar surface area (TPSA) is 51.2 Å². The van der Waals surface area contributed by atoms with Gasteiger partial charge in [0, 0.05) is 12.4 Å². The van der Waals surface area contributed by atoms with Crippen molar-refractivity contribution in [2.24, 2.45) is 0 Å². The monoisotopic (exact) mass is 236 g/mol. The third-order valence-corrected chi connectivity index (χ3v) is 2.27. The minimum absolute atomic E-state index is 0.330. The number of nitrogens with one attached hydrogen (secondary N) is 1. The van der Waals surface area contributed by atoms with Crippen LogP contribution in [0.2, 0.25) is 0 Å². The van der Waals surface area contributed by atoms with E-state index in [0.717, 1.165) is 0 Å². The number of thiazole rings is 1. The van der Waals surface area contributed by atoms with Crippen molar-refractivity contribution in [1.82, 2.24) is 10.3 Å². The normalized spacial score (nSPS) is 9.27. The first-order valence-electron chi connectivity index (χ1n) is 2.73. The zero-order valence-electron chi connectivity index (χ0n) is 5.63. The predicted octanol–water partition coefficient (Wildman–Crippen LogP) is 1.62. The highest BCUT2D eigenvalue weighted by Crippen LogP contribution is 2.21. The SMILES string of the molecule is CNC(=O)Oc1nc(Br)cs1. The van der Waals surface area contributed by atoms with E-state index in [-0.39, 0.29) is 0 Å². The second-order valence-corrected chi connectivity index (χ2v) is 3.21. The van der Waals surface area contributed by atoms with Crippen LogP contribution in [0.3, 0.4) is 0 Å². The van der Waals surface area contributed by atoms with E-state index in [4.69, 9.17) is 4.74 Å². The van der Waals surface area contributed by atoms with Crippen LogP contribution < -0.4 is 10.1 Å². The van der Waals surface area contributed by atoms with Crippen LogP contribution in [0.25, 0.3) is 0 Å². The fraction of sp³-hybridized carbons (Fsp3) is 0.200. The van der Waals surface area contributed by atoms with Crippen LogP contribution in [-0.4, -0.2) is 18.1 Å². The fourth-order valence-electron chi connectivity index (χ4n) is 0.416. The van der Waals surface area contributed by atoms with Gasteiger partial charge in [-0.2, -0.15) is 4.98 Å². The van der Waals surface area contributed by atoms with E-state index >= 15 is 0 Å². The second-order valence-electron chi connectivity index (χ2n) is 1.58. The lowest BCUT2D eigenvalue weighted by Crippen LogP contribution is -2.21. The van der Waals surface area contributed by atoms with Gasteiger partial charge in [-0.05, 0) is 15.9 Å². The van der Waals surface area contributed by atoms with Crippen LogP contribution in [-0.2, 0) is 0 Å². The Morgan fingerprint density at radius 1 is 1.91 bits per heavy atom. The van der Waals surface area contributed by atoms with Crippen molar-refractivity contribution in [2.75, 3.05) is 7.05 Å². The Labute approximate surface area is 75.7 Å². The summed E-state index contributed by atoms with van der Waals surface area (Å²) in [7, 11) is 1.49. The van der Waals surface area contributed by atoms with Crippen LogP contribution in [0.15, 0.2) is 9.98 Å². The molecule has 0 saturated carbocycles. The number of rotatable bonds is 1. The van der Waals surface area contributed by atoms with Crippen LogP contribution in [0.1, 0.15) is 0 Å². The maximum atomic E-state index is 10.6. The van der Waals surface area contributed by atoms with E-state index < -0.39 is 6.09 Å². The molecular formula is C5H5BrN2O2S. The summed E-state index contributed by atoms with van der Waals surface area (Å²) in [6, 6.07) is 0. The summed E-state index contributed by atoms with van der Waals surface area (Å²) in [5, 5.41) is 4.38. The molecule has 0 bridgehead atoms. The van der Waals surface area contributed by atoms with Crippen LogP contribution >= 0.6 is 27.3 Å². The summed E-state index contributed by atoms with van der Waals surface area (Å²) in [6.07, 6.45) is -0.508. The minimum atomic E-state index is -0.508. The van der Waals surface area contributed by atoms with Crippen molar-refractivity contribution in [3.8, 4) is 5.19 Å². The number of nitrogens with zero attached hydrogens (tertiary/aromatic N) is 1. The number of amides is 1. The van der Waals surface area contributed by atoms with Gasteiger partial charge in [0.05, 0.1) is 0 Å². The number of hydrogen-bond donors (Lipinski definition) is 1. The summed E-state index contributed by atoms with van der Waals surface area (Å²) in [5.41, 5.74) is 0. The van der Waals surface area contributed by atoms with Gasteiger partial charge in [0.1, 0.15) is 4.60 Å². The standard InChI is InChI=1S/C5H5BrN2O2S/c1-7-4(9)10-5-8-3(6)2-11-5/h2H,1H3,(H,7,9). The zero-order valence-corrected chi connectivity index (χ0v) is 8.03. The van der Waals surface area contributed by atoms with Crippen LogP contribution in [0, 0.1) is 0 Å². The van der Waals surface area contributed by atoms with Crippen molar-refractivity contribution in [3.05, 3.63) is 9.98 Å². The molecule has 1 amide bonds. The van der Waals surface area contributed by atoms with E-state index in [1.54, 1.807) is 5.38 Å². The summed E-state index contributed by atoms with van der Waals surface area (Å²) in [4.78, 5) is 14.5. The summed E-state index contributed by atoms with van der Waals surface area (Å²) >= 11 is 4.38. The minimum Gasteiger partial charge on any atom is -0.381 e. The molecule has 11 heavy (non-hydrogen) atoms. The quantitative estimate of drug-likeness (QED) is 0.807. The third kappa shape index (κ3) is 2.47. The molecule has 1 N–H and O–H groups in total. The molecule has 0 atom stereocenters. The van der Waals surface area contributed by atoms with Gasteiger partial charge in [0.2, 0.25) is 0 Å². The molecule has 0 saturated heterocycles. The molecule has 1 aromatic rings. The third-order valence-electron chi connectivity index (χ3n) is 0.839. The number of carbonyl (C=O) groups excluding carboxylic acids is 1. The number of hydrogen-bond acceptors (Lipinski definition) is 4. The number of ether oxygens (including phenoxy) is 1. The number of halogens is 1. The van der Waals surface area contributed by atoms with Crippen LogP contribution in [0.4, 0.5) is 4.79 Å². The molecule has 60 valence electrons. The summed E-state index contributed by atoms with van der Waals surface area (Å²) < 4.78 is 5.38. The van der Waals surface area contributed by atoms with Gasteiger partial charge in [-0.1, -0.05) is 11.3 Å². The lowest BCUT2D eigenvalue weighted by molar-refractivity contribution is 0.202. The predicted molar refractivity (Wildman–Crippen MR) is 44.9 cm³/mol. The lowest BCUT2D eigenvalue weighted by atomic mass is 11.0. The molecular weight excluding hydrogens is 232 g/mol. The average molecular weight is 237 g/mol. The molecule has 0 aromatic carbocycles. The Bertz CT molecular complexity index is 263. The highest BCUT2D eigenvalue weighted by molar-refractivity contribution is 9.10. The maximum Gasteiger partial charge on any atom is 0.414 e. The Morgan fingerprint density at radius 3 is 3.09 bits per heavy atom.